The van der Waals surface area contributed by atoms with Crippen molar-refractivity contribution in [1.29, 1.82) is 5.26 Å². The normalized spacial score (nSPS) is 12.8. The predicted octanol–water partition coefficient (Wildman–Crippen LogP) is 2.94. The lowest BCUT2D eigenvalue weighted by molar-refractivity contribution is -0.143. The smallest absolute Gasteiger partial charge is 0.326 e. The van der Waals surface area contributed by atoms with Crippen LogP contribution in [0.15, 0.2) is 60.7 Å². The van der Waals surface area contributed by atoms with Crippen molar-refractivity contribution in [3.8, 4) is 6.07 Å². The highest BCUT2D eigenvalue weighted by Gasteiger charge is 2.30. The first-order valence-electron chi connectivity index (χ1n) is 8.04. The van der Waals surface area contributed by atoms with Crippen LogP contribution in [-0.4, -0.2) is 23.0 Å². The largest absolute Gasteiger partial charge is 0.480 e. The lowest BCUT2D eigenvalue weighted by Crippen LogP contribution is -2.47. The van der Waals surface area contributed by atoms with E-state index in [1.807, 2.05) is 66.7 Å². The second-order valence-corrected chi connectivity index (χ2v) is 5.92. The number of carbonyl (C=O) groups is 2. The molecule has 0 aliphatic heterocycles. The molecule has 0 saturated heterocycles. The number of benzene rings is 2. The molecular formula is C20H20N2O3. The average molecular weight is 336 g/mol. The zero-order valence-electron chi connectivity index (χ0n) is 13.9. The van der Waals surface area contributed by atoms with Gasteiger partial charge in [0.05, 0.1) is 12.0 Å². The van der Waals surface area contributed by atoms with Crippen molar-refractivity contribution in [2.75, 3.05) is 0 Å². The summed E-state index contributed by atoms with van der Waals surface area (Å²) < 4.78 is 0. The van der Waals surface area contributed by atoms with Gasteiger partial charge in [0, 0.05) is 12.3 Å². The maximum Gasteiger partial charge on any atom is 0.326 e. The maximum absolute atomic E-state index is 12.9. The van der Waals surface area contributed by atoms with E-state index in [1.165, 1.54) is 0 Å². The van der Waals surface area contributed by atoms with Gasteiger partial charge in [-0.3, -0.25) is 4.79 Å². The second kappa shape index (κ2) is 8.65. The van der Waals surface area contributed by atoms with Crippen LogP contribution in [0.5, 0.6) is 0 Å². The Morgan fingerprint density at radius 3 is 1.92 bits per heavy atom. The summed E-state index contributed by atoms with van der Waals surface area (Å²) >= 11 is 0. The third kappa shape index (κ3) is 4.67. The average Bonchev–Trinajstić information content (AvgIpc) is 2.61. The number of carboxylic acid groups (broad SMARTS) is 1. The molecule has 0 aliphatic carbocycles. The highest BCUT2D eigenvalue weighted by Crippen LogP contribution is 2.25. The topological polar surface area (TPSA) is 90.2 Å². The van der Waals surface area contributed by atoms with Crippen molar-refractivity contribution in [3.63, 3.8) is 0 Å². The summed E-state index contributed by atoms with van der Waals surface area (Å²) in [5.41, 5.74) is 1.56. The summed E-state index contributed by atoms with van der Waals surface area (Å²) in [4.78, 5) is 24.4. The summed E-state index contributed by atoms with van der Waals surface area (Å²) in [6.45, 7) is 1.64. The number of nitriles is 1. The van der Waals surface area contributed by atoms with Gasteiger partial charge < -0.3 is 10.4 Å². The third-order valence-electron chi connectivity index (χ3n) is 4.07. The van der Waals surface area contributed by atoms with Crippen molar-refractivity contribution in [2.24, 2.45) is 5.92 Å². The van der Waals surface area contributed by atoms with Gasteiger partial charge in [-0.2, -0.15) is 5.26 Å². The maximum atomic E-state index is 12.9. The highest BCUT2D eigenvalue weighted by atomic mass is 16.4. The van der Waals surface area contributed by atoms with E-state index in [4.69, 9.17) is 5.26 Å². The quantitative estimate of drug-likeness (QED) is 0.813. The fourth-order valence-electron chi connectivity index (χ4n) is 2.73. The van der Waals surface area contributed by atoms with E-state index in [0.29, 0.717) is 0 Å². The summed E-state index contributed by atoms with van der Waals surface area (Å²) in [5.74, 6) is -2.64. The molecule has 0 bridgehead atoms. The molecule has 0 radical (unpaired) electrons. The number of nitrogens with one attached hydrogen (secondary N) is 1. The summed E-state index contributed by atoms with van der Waals surface area (Å²) in [6.07, 6.45) is 0.0542. The molecule has 0 fully saturated rings. The van der Waals surface area contributed by atoms with Gasteiger partial charge >= 0.3 is 5.97 Å². The Balaban J connectivity index is 2.33. The van der Waals surface area contributed by atoms with Crippen LogP contribution in [0.1, 0.15) is 30.4 Å². The zero-order chi connectivity index (χ0) is 18.2. The fraction of sp³-hybridized carbons (Fsp3) is 0.250. The molecule has 2 N–H and O–H groups in total. The predicted molar refractivity (Wildman–Crippen MR) is 93.7 cm³/mol. The molecule has 0 spiro atoms. The molecule has 0 saturated carbocycles. The van der Waals surface area contributed by atoms with E-state index in [2.05, 4.69) is 5.32 Å². The Morgan fingerprint density at radius 2 is 1.52 bits per heavy atom. The Kier molecular flexibility index (Phi) is 6.30. The Hall–Kier alpha value is -3.13. The van der Waals surface area contributed by atoms with Gasteiger partial charge in [0.2, 0.25) is 5.91 Å². The van der Waals surface area contributed by atoms with Crippen molar-refractivity contribution in [1.82, 2.24) is 5.32 Å². The van der Waals surface area contributed by atoms with Crippen molar-refractivity contribution < 1.29 is 14.7 Å². The van der Waals surface area contributed by atoms with Crippen LogP contribution in [-0.2, 0) is 9.59 Å². The molecule has 2 rings (SSSR count). The van der Waals surface area contributed by atoms with Gasteiger partial charge in [0.1, 0.15) is 6.04 Å². The number of hydrogen-bond donors (Lipinski definition) is 2. The van der Waals surface area contributed by atoms with Crippen molar-refractivity contribution in [3.05, 3.63) is 71.8 Å². The number of carbonyl (C=O) groups excluding carboxylic acids is 1. The van der Waals surface area contributed by atoms with Crippen molar-refractivity contribution >= 4 is 11.9 Å². The first-order chi connectivity index (χ1) is 12.0. The fourth-order valence-corrected chi connectivity index (χ4v) is 2.73. The third-order valence-corrected chi connectivity index (χ3v) is 4.07. The monoisotopic (exact) mass is 336 g/mol. The van der Waals surface area contributed by atoms with Crippen LogP contribution >= 0.6 is 0 Å². The molecule has 128 valence electrons. The minimum absolute atomic E-state index is 0.0542. The summed E-state index contributed by atoms with van der Waals surface area (Å²) in [5, 5.41) is 20.8. The molecule has 0 aromatic heterocycles. The minimum Gasteiger partial charge on any atom is -0.480 e. The van der Waals surface area contributed by atoms with Gasteiger partial charge in [-0.05, 0) is 11.1 Å². The lowest BCUT2D eigenvalue weighted by Gasteiger charge is -2.24. The molecule has 1 amide bonds. The number of rotatable bonds is 7. The van der Waals surface area contributed by atoms with E-state index in [-0.39, 0.29) is 6.42 Å². The highest BCUT2D eigenvalue weighted by molar-refractivity contribution is 5.90. The van der Waals surface area contributed by atoms with Crippen LogP contribution in [0.3, 0.4) is 0 Å². The molecule has 5 nitrogen and oxygen atoms in total. The first-order valence-corrected chi connectivity index (χ1v) is 8.04. The molecule has 2 atom stereocenters. The number of aliphatic carboxylic acids is 1. The van der Waals surface area contributed by atoms with Crippen LogP contribution in [0.2, 0.25) is 0 Å². The lowest BCUT2D eigenvalue weighted by atomic mass is 9.89. The molecule has 25 heavy (non-hydrogen) atoms. The van der Waals surface area contributed by atoms with E-state index in [1.54, 1.807) is 6.92 Å². The number of hydrogen-bond acceptors (Lipinski definition) is 3. The van der Waals surface area contributed by atoms with Gasteiger partial charge in [-0.15, -0.1) is 0 Å². The van der Waals surface area contributed by atoms with Crippen LogP contribution in [0.25, 0.3) is 0 Å². The molecule has 0 unspecified atom stereocenters. The van der Waals surface area contributed by atoms with Crippen LogP contribution < -0.4 is 5.32 Å². The molecule has 0 aliphatic rings. The van der Waals surface area contributed by atoms with E-state index in [9.17, 15) is 14.7 Å². The van der Waals surface area contributed by atoms with Crippen molar-refractivity contribution in [2.45, 2.75) is 25.3 Å². The minimum atomic E-state index is -1.14. The summed E-state index contributed by atoms with van der Waals surface area (Å²) in [7, 11) is 0. The number of nitrogens with zero attached hydrogens (tertiary/aromatic N) is 1. The van der Waals surface area contributed by atoms with Gasteiger partial charge in [-0.25, -0.2) is 4.79 Å². The number of carboxylic acids is 1. The Morgan fingerprint density at radius 1 is 1.04 bits per heavy atom. The van der Waals surface area contributed by atoms with Gasteiger partial charge in [0.25, 0.3) is 0 Å². The Bertz CT molecular complexity index is 714. The second-order valence-electron chi connectivity index (χ2n) is 5.92. The summed E-state index contributed by atoms with van der Waals surface area (Å²) in [6, 6.07) is 19.3. The van der Waals surface area contributed by atoms with Crippen LogP contribution in [0, 0.1) is 17.2 Å². The van der Waals surface area contributed by atoms with E-state index < -0.39 is 29.8 Å². The SMILES string of the molecule is C[C@@H](CC#N)[C@@H](NC(=O)C(c1ccccc1)c1ccccc1)C(=O)O. The van der Waals surface area contributed by atoms with Crippen LogP contribution in [0.4, 0.5) is 0 Å². The first kappa shape index (κ1) is 18.2. The molecular weight excluding hydrogens is 316 g/mol. The molecule has 0 heterocycles. The Labute approximate surface area is 146 Å². The number of amides is 1. The van der Waals surface area contributed by atoms with E-state index in [0.717, 1.165) is 11.1 Å². The molecule has 5 heteroatoms. The molecule has 2 aromatic carbocycles. The standard InChI is InChI=1S/C20H20N2O3/c1-14(12-13-21)18(20(24)25)22-19(23)17(15-8-4-2-5-9-15)16-10-6-3-7-11-16/h2-11,14,17-18H,12H2,1H3,(H,22,23)(H,24,25)/t14-,18+/m0/s1. The van der Waals surface area contributed by atoms with E-state index >= 15 is 0 Å². The molecule has 2 aromatic rings. The van der Waals surface area contributed by atoms with Gasteiger partial charge in [-0.1, -0.05) is 67.6 Å². The van der Waals surface area contributed by atoms with Gasteiger partial charge in [0.15, 0.2) is 0 Å². The zero-order valence-corrected chi connectivity index (χ0v) is 13.9.